The Morgan fingerprint density at radius 1 is 1.31 bits per heavy atom. The Labute approximate surface area is 216 Å². The van der Waals surface area contributed by atoms with E-state index in [0.29, 0.717) is 15.8 Å². The number of pyridine rings is 2. The molecule has 1 saturated carbocycles. The minimum atomic E-state index is -3.23. The molecular formula is C24H27N9O2. The molecule has 0 bridgehead atoms. The van der Waals surface area contributed by atoms with E-state index < -0.39 is 32.6 Å². The summed E-state index contributed by atoms with van der Waals surface area (Å²) in [6, 6.07) is 4.17. The summed E-state index contributed by atoms with van der Waals surface area (Å²) < 4.78 is 86.9. The SMILES string of the molecule is [2H]C([2H])(C)Nc1ncc(-c2nc3ccc(N4C([2H])([2H])C([2H])([2H])OC([2H])([2H])C4([2H])[2H])cn3n2)c2cc(NC(=O)[C@H]3C[C@H]3C)nnc12. The summed E-state index contributed by atoms with van der Waals surface area (Å²) in [6.45, 7) is -11.4. The van der Waals surface area contributed by atoms with Crippen LogP contribution in [0.2, 0.25) is 0 Å². The van der Waals surface area contributed by atoms with Crippen LogP contribution in [0.1, 0.15) is 34.0 Å². The van der Waals surface area contributed by atoms with Crippen molar-refractivity contribution in [3.05, 3.63) is 30.6 Å². The van der Waals surface area contributed by atoms with Gasteiger partial charge in [0.25, 0.3) is 0 Å². The van der Waals surface area contributed by atoms with Gasteiger partial charge in [0.1, 0.15) is 5.52 Å². The molecule has 1 saturated heterocycles. The average Bonchev–Trinajstić information content (AvgIpc) is 3.49. The molecule has 2 N–H and O–H groups in total. The van der Waals surface area contributed by atoms with Gasteiger partial charge in [0.15, 0.2) is 23.1 Å². The number of anilines is 3. The first kappa shape index (κ1) is 13.3. The zero-order valence-corrected chi connectivity index (χ0v) is 18.7. The second-order valence-electron chi connectivity index (χ2n) is 8.19. The first-order valence-electron chi connectivity index (χ1n) is 15.8. The van der Waals surface area contributed by atoms with Gasteiger partial charge < -0.3 is 20.3 Å². The predicted octanol–water partition coefficient (Wildman–Crippen LogP) is 2.60. The molecule has 5 heterocycles. The van der Waals surface area contributed by atoms with E-state index in [0.717, 1.165) is 6.42 Å². The fourth-order valence-corrected chi connectivity index (χ4v) is 3.83. The van der Waals surface area contributed by atoms with Crippen LogP contribution in [0, 0.1) is 11.8 Å². The third-order valence-electron chi connectivity index (χ3n) is 5.80. The number of nitrogens with one attached hydrogen (secondary N) is 2. The van der Waals surface area contributed by atoms with Crippen LogP contribution in [-0.2, 0) is 9.53 Å². The molecule has 4 aromatic rings. The molecular weight excluding hydrogens is 446 g/mol. The topological polar surface area (TPSA) is 122 Å². The number of ether oxygens (including phenoxy) is 1. The number of amides is 1. The summed E-state index contributed by atoms with van der Waals surface area (Å²) in [5.41, 5.74) is 0.442. The minimum Gasteiger partial charge on any atom is -0.378 e. The highest BCUT2D eigenvalue weighted by Gasteiger charge is 2.39. The highest BCUT2D eigenvalue weighted by molar-refractivity contribution is 6.01. The summed E-state index contributed by atoms with van der Waals surface area (Å²) in [5, 5.41) is 18.5. The van der Waals surface area contributed by atoms with E-state index in [1.54, 1.807) is 6.07 Å². The van der Waals surface area contributed by atoms with Crippen molar-refractivity contribution in [2.24, 2.45) is 11.8 Å². The molecule has 4 aromatic heterocycles. The van der Waals surface area contributed by atoms with Crippen molar-refractivity contribution in [2.75, 3.05) is 48.1 Å². The molecule has 1 aliphatic carbocycles. The maximum Gasteiger partial charge on any atom is 0.228 e. The summed E-state index contributed by atoms with van der Waals surface area (Å²) >= 11 is 0. The molecule has 2 aliphatic rings. The summed E-state index contributed by atoms with van der Waals surface area (Å²) in [4.78, 5) is 21.7. The van der Waals surface area contributed by atoms with Crippen molar-refractivity contribution in [3.8, 4) is 11.4 Å². The molecule has 6 rings (SSSR count). The second-order valence-corrected chi connectivity index (χ2v) is 8.19. The molecule has 0 unspecified atom stereocenters. The van der Waals surface area contributed by atoms with Gasteiger partial charge in [-0.25, -0.2) is 14.5 Å². The van der Waals surface area contributed by atoms with Crippen molar-refractivity contribution < 1.29 is 23.2 Å². The molecule has 0 spiro atoms. The van der Waals surface area contributed by atoms with Crippen molar-refractivity contribution in [3.63, 3.8) is 0 Å². The lowest BCUT2D eigenvalue weighted by molar-refractivity contribution is -0.117. The van der Waals surface area contributed by atoms with Gasteiger partial charge in [0, 0.05) is 45.3 Å². The number of fused-ring (bicyclic) bond motifs is 2. The standard InChI is InChI=1S/C24H27N9O2/c1-3-25-23-21-17(11-19(29-30-21)27-24(34)16-10-14(16)2)18(12-26-23)22-28-20-5-4-15(13-33(20)31-22)32-6-8-35-9-7-32/h4-5,11-14,16H,3,6-10H2,1-2H3,(H,25,26)(H,27,29,34)/t14-,16+/m1/s1/i3D2,6D2,7D2,8D2,9D2. The van der Waals surface area contributed by atoms with Gasteiger partial charge in [-0.05, 0) is 37.5 Å². The normalized spacial score (nSPS) is 30.2. The molecule has 1 aliphatic heterocycles. The fourth-order valence-electron chi connectivity index (χ4n) is 3.83. The predicted molar refractivity (Wildman–Crippen MR) is 132 cm³/mol. The molecule has 0 aromatic carbocycles. The first-order valence-corrected chi connectivity index (χ1v) is 10.8. The van der Waals surface area contributed by atoms with Crippen LogP contribution in [-0.4, -0.2) is 68.3 Å². The summed E-state index contributed by atoms with van der Waals surface area (Å²) in [5.74, 6) is 0.228. The number of carbonyl (C=O) groups excluding carboxylic acids is 1. The molecule has 0 radical (unpaired) electrons. The van der Waals surface area contributed by atoms with Crippen LogP contribution >= 0.6 is 0 Å². The number of hydrogen-bond donors (Lipinski definition) is 2. The van der Waals surface area contributed by atoms with Crippen LogP contribution in [0.5, 0.6) is 0 Å². The van der Waals surface area contributed by atoms with Crippen LogP contribution in [0.3, 0.4) is 0 Å². The van der Waals surface area contributed by atoms with Gasteiger partial charge in [-0.3, -0.25) is 4.79 Å². The number of nitrogens with zero attached hydrogens (tertiary/aromatic N) is 7. The van der Waals surface area contributed by atoms with Crippen molar-refractivity contribution in [1.82, 2.24) is 29.8 Å². The van der Waals surface area contributed by atoms with Crippen molar-refractivity contribution in [1.29, 1.82) is 0 Å². The quantitative estimate of drug-likeness (QED) is 0.426. The van der Waals surface area contributed by atoms with Gasteiger partial charge in [0.2, 0.25) is 5.91 Å². The average molecular weight is 484 g/mol. The largest absolute Gasteiger partial charge is 0.378 e. The Hall–Kier alpha value is -3.86. The molecule has 2 fully saturated rings. The van der Waals surface area contributed by atoms with Gasteiger partial charge in [-0.15, -0.1) is 15.3 Å². The zero-order chi connectivity index (χ0) is 32.9. The number of aromatic nitrogens is 6. The third kappa shape index (κ3) is 4.12. The van der Waals surface area contributed by atoms with E-state index in [1.165, 1.54) is 36.0 Å². The van der Waals surface area contributed by atoms with E-state index in [-0.39, 0.29) is 52.1 Å². The van der Waals surface area contributed by atoms with E-state index in [4.69, 9.17) is 13.7 Å². The van der Waals surface area contributed by atoms with E-state index in [2.05, 4.69) is 40.6 Å². The van der Waals surface area contributed by atoms with Gasteiger partial charge >= 0.3 is 0 Å². The molecule has 180 valence electrons. The van der Waals surface area contributed by atoms with E-state index in [9.17, 15) is 4.79 Å². The highest BCUT2D eigenvalue weighted by Crippen LogP contribution is 2.38. The Morgan fingerprint density at radius 3 is 2.91 bits per heavy atom. The van der Waals surface area contributed by atoms with Crippen LogP contribution < -0.4 is 15.5 Å². The first-order chi connectivity index (χ1) is 20.7. The van der Waals surface area contributed by atoms with E-state index >= 15 is 0 Å². The number of morpholine rings is 1. The highest BCUT2D eigenvalue weighted by atomic mass is 16.5. The lowest BCUT2D eigenvalue weighted by Gasteiger charge is -2.28. The smallest absolute Gasteiger partial charge is 0.228 e. The number of rotatable bonds is 6. The maximum absolute atomic E-state index is 12.6. The Bertz CT molecular complexity index is 1820. The molecule has 11 heteroatoms. The van der Waals surface area contributed by atoms with Crippen LogP contribution in [0.4, 0.5) is 17.3 Å². The van der Waals surface area contributed by atoms with Crippen molar-refractivity contribution in [2.45, 2.75) is 20.3 Å². The van der Waals surface area contributed by atoms with Gasteiger partial charge in [0.05, 0.1) is 36.0 Å². The molecule has 11 nitrogen and oxygen atoms in total. The minimum absolute atomic E-state index is 0.0776. The molecule has 2 atom stereocenters. The van der Waals surface area contributed by atoms with Gasteiger partial charge in [-0.2, -0.15) is 0 Å². The Kier molecular flexibility index (Phi) is 3.31. The third-order valence-corrected chi connectivity index (χ3v) is 5.80. The number of hydrogen-bond acceptors (Lipinski definition) is 9. The summed E-state index contributed by atoms with van der Waals surface area (Å²) in [7, 11) is 0. The van der Waals surface area contributed by atoms with Crippen LogP contribution in [0.25, 0.3) is 27.9 Å². The van der Waals surface area contributed by atoms with Gasteiger partial charge in [-0.1, -0.05) is 6.92 Å². The van der Waals surface area contributed by atoms with E-state index in [1.807, 2.05) is 6.92 Å². The summed E-state index contributed by atoms with van der Waals surface area (Å²) in [6.07, 6.45) is 3.32. The molecule has 1 amide bonds. The lowest BCUT2D eigenvalue weighted by atomic mass is 10.1. The Morgan fingerprint density at radius 2 is 2.14 bits per heavy atom. The van der Waals surface area contributed by atoms with Crippen LogP contribution in [0.15, 0.2) is 30.6 Å². The maximum atomic E-state index is 12.6. The monoisotopic (exact) mass is 483 g/mol. The lowest BCUT2D eigenvalue weighted by Crippen LogP contribution is -2.36. The number of carbonyl (C=O) groups is 1. The second kappa shape index (κ2) is 8.73. The fraction of sp³-hybridized carbons (Fsp3) is 0.417. The Balaban J connectivity index is 1.45. The molecule has 35 heavy (non-hydrogen) atoms. The zero-order valence-electron chi connectivity index (χ0n) is 28.7. The van der Waals surface area contributed by atoms with Crippen molar-refractivity contribution >= 4 is 39.8 Å².